The van der Waals surface area contributed by atoms with E-state index >= 15 is 4.39 Å². The summed E-state index contributed by atoms with van der Waals surface area (Å²) in [5.74, 6) is 1.07. The molecule has 1 aliphatic carbocycles. The molecule has 2 N–H and O–H groups in total. The molecule has 3 fully saturated rings. The number of amides is 2. The van der Waals surface area contributed by atoms with Gasteiger partial charge in [-0.2, -0.15) is 4.39 Å². The van der Waals surface area contributed by atoms with Gasteiger partial charge in [-0.1, -0.05) is 36.7 Å². The van der Waals surface area contributed by atoms with E-state index in [4.69, 9.17) is 4.74 Å². The molecule has 2 aromatic rings. The predicted molar refractivity (Wildman–Crippen MR) is 146 cm³/mol. The standard InChI is InChI=1S/C27H39FN6O2S/c1-32-12-10-21(11-13-32)33-14-16-34(17-15-33)31-26(35)30-27-29-24(25(28)37-27)22-18-20(8-9-23(22)36-2)19-6-4-3-5-7-19/h8-9,18-19,21H,3-7,10-17H2,1-2H3,(H2,29,30,31,35). The molecule has 5 rings (SSSR count). The average molecular weight is 531 g/mol. The number of carbonyl (C=O) groups excluding carboxylic acids is 1. The van der Waals surface area contributed by atoms with Crippen LogP contribution >= 0.6 is 11.3 Å². The number of hydrogen-bond donors (Lipinski definition) is 2. The molecule has 1 aromatic heterocycles. The molecule has 0 atom stereocenters. The number of likely N-dealkylation sites (tertiary alicyclic amines) is 1. The molecule has 0 radical (unpaired) electrons. The van der Waals surface area contributed by atoms with Gasteiger partial charge in [0.05, 0.1) is 7.11 Å². The molecular formula is C27H39FN6O2S. The monoisotopic (exact) mass is 530 g/mol. The SMILES string of the molecule is COc1ccc(C2CCCCC2)cc1-c1nc(NC(=O)NN2CCN(C3CCN(C)CC3)CC2)sc1F. The van der Waals surface area contributed by atoms with Gasteiger partial charge >= 0.3 is 6.03 Å². The van der Waals surface area contributed by atoms with Crippen LogP contribution < -0.4 is 15.5 Å². The number of piperidine rings is 1. The summed E-state index contributed by atoms with van der Waals surface area (Å²) in [5, 5.41) is 4.47. The zero-order valence-corrected chi connectivity index (χ0v) is 22.8. The molecule has 3 heterocycles. The summed E-state index contributed by atoms with van der Waals surface area (Å²) in [6.45, 7) is 5.69. The minimum atomic E-state index is -0.430. The summed E-state index contributed by atoms with van der Waals surface area (Å²) in [4.78, 5) is 22.1. The van der Waals surface area contributed by atoms with Crippen molar-refractivity contribution in [3.05, 3.63) is 28.9 Å². The van der Waals surface area contributed by atoms with Crippen LogP contribution in [0.2, 0.25) is 0 Å². The number of carbonyl (C=O) groups is 1. The van der Waals surface area contributed by atoms with Crippen LogP contribution in [-0.4, -0.2) is 85.3 Å². The third-order valence-electron chi connectivity index (χ3n) is 8.14. The molecule has 202 valence electrons. The first-order chi connectivity index (χ1) is 18.0. The quantitative estimate of drug-likeness (QED) is 0.562. The Bertz CT molecular complexity index is 1060. The van der Waals surface area contributed by atoms with Crippen molar-refractivity contribution in [2.45, 2.75) is 56.9 Å². The fourth-order valence-corrected chi connectivity index (χ4v) is 6.65. The fraction of sp³-hybridized carbons (Fsp3) is 0.630. The van der Waals surface area contributed by atoms with Gasteiger partial charge in [-0.15, -0.1) is 0 Å². The van der Waals surface area contributed by atoms with Crippen molar-refractivity contribution in [3.63, 3.8) is 0 Å². The molecule has 0 bridgehead atoms. The number of hydrazine groups is 1. The maximum atomic E-state index is 15.0. The smallest absolute Gasteiger partial charge is 0.335 e. The number of rotatable bonds is 6. The second-order valence-electron chi connectivity index (χ2n) is 10.6. The number of piperazine rings is 1. The van der Waals surface area contributed by atoms with E-state index in [1.54, 1.807) is 7.11 Å². The molecule has 1 aromatic carbocycles. The number of benzene rings is 1. The van der Waals surface area contributed by atoms with Crippen LogP contribution in [0, 0.1) is 5.13 Å². The number of aromatic nitrogens is 1. The maximum absolute atomic E-state index is 15.0. The van der Waals surface area contributed by atoms with E-state index in [1.165, 1.54) is 37.7 Å². The number of ether oxygens (including phenoxy) is 1. The van der Waals surface area contributed by atoms with Gasteiger partial charge in [0.1, 0.15) is 11.4 Å². The molecule has 37 heavy (non-hydrogen) atoms. The fourth-order valence-electron chi connectivity index (χ4n) is 5.95. The Morgan fingerprint density at radius 1 is 1.05 bits per heavy atom. The van der Waals surface area contributed by atoms with Gasteiger partial charge in [-0.25, -0.2) is 14.8 Å². The van der Waals surface area contributed by atoms with Crippen molar-refractivity contribution in [1.82, 2.24) is 25.2 Å². The summed E-state index contributed by atoms with van der Waals surface area (Å²) in [7, 11) is 3.77. The van der Waals surface area contributed by atoms with Crippen LogP contribution in [0.25, 0.3) is 11.3 Å². The highest BCUT2D eigenvalue weighted by Crippen LogP contribution is 2.40. The number of methoxy groups -OCH3 is 1. The Labute approximate surface area is 223 Å². The number of thiazole rings is 1. The van der Waals surface area contributed by atoms with E-state index in [-0.39, 0.29) is 10.8 Å². The summed E-state index contributed by atoms with van der Waals surface area (Å²) in [6.07, 6.45) is 8.47. The van der Waals surface area contributed by atoms with Crippen LogP contribution in [-0.2, 0) is 0 Å². The lowest BCUT2D eigenvalue weighted by Crippen LogP contribution is -2.57. The summed E-state index contributed by atoms with van der Waals surface area (Å²) in [6, 6.07) is 6.25. The predicted octanol–water partition coefficient (Wildman–Crippen LogP) is 4.75. The van der Waals surface area contributed by atoms with E-state index in [0.717, 1.165) is 63.4 Å². The summed E-state index contributed by atoms with van der Waals surface area (Å²) in [5.41, 5.74) is 4.97. The number of nitrogens with zero attached hydrogens (tertiary/aromatic N) is 4. The van der Waals surface area contributed by atoms with Crippen LogP contribution in [0.4, 0.5) is 14.3 Å². The van der Waals surface area contributed by atoms with Crippen molar-refractivity contribution < 1.29 is 13.9 Å². The molecule has 3 aliphatic rings. The van der Waals surface area contributed by atoms with Gasteiger partial charge in [0.25, 0.3) is 0 Å². The average Bonchev–Trinajstić information content (AvgIpc) is 3.29. The van der Waals surface area contributed by atoms with Crippen molar-refractivity contribution in [2.24, 2.45) is 0 Å². The van der Waals surface area contributed by atoms with Gasteiger partial charge in [-0.3, -0.25) is 15.6 Å². The Kier molecular flexibility index (Phi) is 8.59. The molecule has 10 heteroatoms. The Hall–Kier alpha value is -2.27. The van der Waals surface area contributed by atoms with E-state index < -0.39 is 11.2 Å². The van der Waals surface area contributed by atoms with Gasteiger partial charge < -0.3 is 9.64 Å². The third-order valence-corrected chi connectivity index (χ3v) is 8.90. The third kappa shape index (κ3) is 6.42. The van der Waals surface area contributed by atoms with E-state index in [1.807, 2.05) is 17.1 Å². The number of anilines is 1. The minimum Gasteiger partial charge on any atom is -0.496 e. The molecule has 0 unspecified atom stereocenters. The normalized spacial score (nSPS) is 21.2. The molecule has 2 amide bonds. The van der Waals surface area contributed by atoms with Gasteiger partial charge in [-0.05, 0) is 69.4 Å². The molecule has 1 saturated carbocycles. The van der Waals surface area contributed by atoms with Gasteiger partial charge in [0.2, 0.25) is 5.13 Å². The Balaban J connectivity index is 1.18. The van der Waals surface area contributed by atoms with E-state index in [2.05, 4.69) is 38.6 Å². The first-order valence-electron chi connectivity index (χ1n) is 13.6. The number of urea groups is 1. The number of nitrogens with one attached hydrogen (secondary N) is 2. The van der Waals surface area contributed by atoms with Crippen molar-refractivity contribution in [3.8, 4) is 17.0 Å². The van der Waals surface area contributed by atoms with Crippen LogP contribution in [0.3, 0.4) is 0 Å². The second kappa shape index (κ2) is 12.1. The Morgan fingerprint density at radius 3 is 2.49 bits per heavy atom. The molecule has 8 nitrogen and oxygen atoms in total. The minimum absolute atomic E-state index is 0.224. The molecule has 0 spiro atoms. The number of hydrogen-bond acceptors (Lipinski definition) is 7. The van der Waals surface area contributed by atoms with Gasteiger partial charge in [0, 0.05) is 37.8 Å². The maximum Gasteiger partial charge on any atom is 0.335 e. The highest BCUT2D eigenvalue weighted by atomic mass is 32.1. The van der Waals surface area contributed by atoms with Crippen LogP contribution in [0.1, 0.15) is 56.4 Å². The first-order valence-corrected chi connectivity index (χ1v) is 14.4. The largest absolute Gasteiger partial charge is 0.496 e. The molecule has 2 aliphatic heterocycles. The van der Waals surface area contributed by atoms with Crippen LogP contribution in [0.15, 0.2) is 18.2 Å². The lowest BCUT2D eigenvalue weighted by molar-refractivity contribution is 0.0499. The summed E-state index contributed by atoms with van der Waals surface area (Å²) < 4.78 is 20.6. The molecule has 2 saturated heterocycles. The highest BCUT2D eigenvalue weighted by Gasteiger charge is 2.27. The Morgan fingerprint density at radius 2 is 1.78 bits per heavy atom. The van der Waals surface area contributed by atoms with E-state index in [0.29, 0.717) is 23.3 Å². The lowest BCUT2D eigenvalue weighted by Gasteiger charge is -2.42. The van der Waals surface area contributed by atoms with E-state index in [9.17, 15) is 4.79 Å². The summed E-state index contributed by atoms with van der Waals surface area (Å²) >= 11 is 0.844. The zero-order valence-electron chi connectivity index (χ0n) is 22.0. The molecular weight excluding hydrogens is 491 g/mol. The first kappa shape index (κ1) is 26.3. The van der Waals surface area contributed by atoms with Crippen molar-refractivity contribution >= 4 is 22.5 Å². The van der Waals surface area contributed by atoms with Gasteiger partial charge in [0.15, 0.2) is 5.13 Å². The topological polar surface area (TPSA) is 73.0 Å². The number of halogens is 1. The van der Waals surface area contributed by atoms with Crippen molar-refractivity contribution in [1.29, 1.82) is 0 Å². The van der Waals surface area contributed by atoms with Crippen LogP contribution in [0.5, 0.6) is 5.75 Å². The lowest BCUT2D eigenvalue weighted by atomic mass is 9.83. The van der Waals surface area contributed by atoms with Crippen molar-refractivity contribution in [2.75, 3.05) is 58.7 Å². The highest BCUT2D eigenvalue weighted by molar-refractivity contribution is 7.14. The second-order valence-corrected chi connectivity index (χ2v) is 11.5. The zero-order chi connectivity index (χ0) is 25.8.